The van der Waals surface area contributed by atoms with Crippen molar-refractivity contribution in [1.29, 1.82) is 0 Å². The molecule has 128 valence electrons. The van der Waals surface area contributed by atoms with Crippen LogP contribution in [0, 0.1) is 0 Å². The van der Waals surface area contributed by atoms with Gasteiger partial charge in [0.25, 0.3) is 0 Å². The van der Waals surface area contributed by atoms with Gasteiger partial charge >= 0.3 is 5.97 Å². The molecule has 0 aliphatic rings. The van der Waals surface area contributed by atoms with Crippen molar-refractivity contribution in [3.05, 3.63) is 108 Å². The van der Waals surface area contributed by atoms with Crippen LogP contribution in [0.3, 0.4) is 0 Å². The highest BCUT2D eigenvalue weighted by molar-refractivity contribution is 5.87. The molecular formula is C21H20O4. The molecule has 0 bridgehead atoms. The van der Waals surface area contributed by atoms with Gasteiger partial charge in [0.2, 0.25) is 0 Å². The van der Waals surface area contributed by atoms with Crippen molar-refractivity contribution >= 4 is 5.97 Å². The quantitative estimate of drug-likeness (QED) is 0.676. The largest absolute Gasteiger partial charge is 0.478 e. The highest BCUT2D eigenvalue weighted by atomic mass is 16.4. The molecular weight excluding hydrogens is 316 g/mol. The number of aromatic carboxylic acids is 1. The molecule has 3 rings (SSSR count). The fourth-order valence-corrected chi connectivity index (χ4v) is 2.25. The number of carbonyl (C=O) groups is 1. The number of carboxylic acid groups (broad SMARTS) is 1. The molecule has 4 heteroatoms. The molecule has 3 aromatic rings. The number of carboxylic acids is 1. The molecule has 0 saturated heterocycles. The van der Waals surface area contributed by atoms with Crippen LogP contribution < -0.4 is 0 Å². The van der Waals surface area contributed by atoms with Gasteiger partial charge in [0.15, 0.2) is 0 Å². The fourth-order valence-electron chi connectivity index (χ4n) is 2.25. The molecule has 0 amide bonds. The Hall–Kier alpha value is -2.95. The first-order valence-electron chi connectivity index (χ1n) is 7.84. The van der Waals surface area contributed by atoms with Gasteiger partial charge in [-0.05, 0) is 23.3 Å². The molecule has 3 aromatic carbocycles. The Bertz CT molecular complexity index is 714. The number of aliphatic hydroxyl groups is 2. The summed E-state index contributed by atoms with van der Waals surface area (Å²) >= 11 is 0. The SMILES string of the molecule is O=C(O)c1ccccc1.O[C@H](c1ccccc1)[C@@H](O)c1ccccc1. The summed E-state index contributed by atoms with van der Waals surface area (Å²) in [7, 11) is 0. The van der Waals surface area contributed by atoms with E-state index in [4.69, 9.17) is 5.11 Å². The maximum Gasteiger partial charge on any atom is 0.335 e. The van der Waals surface area contributed by atoms with Crippen molar-refractivity contribution in [3.8, 4) is 0 Å². The first-order chi connectivity index (χ1) is 12.1. The van der Waals surface area contributed by atoms with Crippen molar-refractivity contribution in [2.75, 3.05) is 0 Å². The molecule has 4 nitrogen and oxygen atoms in total. The van der Waals surface area contributed by atoms with Gasteiger partial charge in [-0.1, -0.05) is 78.9 Å². The lowest BCUT2D eigenvalue weighted by atomic mass is 9.99. The zero-order chi connectivity index (χ0) is 18.1. The van der Waals surface area contributed by atoms with Crippen LogP contribution in [0.15, 0.2) is 91.0 Å². The third-order valence-corrected chi connectivity index (χ3v) is 3.60. The van der Waals surface area contributed by atoms with E-state index in [1.165, 1.54) is 0 Å². The van der Waals surface area contributed by atoms with Gasteiger partial charge in [-0.2, -0.15) is 0 Å². The summed E-state index contributed by atoms with van der Waals surface area (Å²) in [4.78, 5) is 10.2. The summed E-state index contributed by atoms with van der Waals surface area (Å²) in [6, 6.07) is 26.6. The van der Waals surface area contributed by atoms with Gasteiger partial charge in [0.05, 0.1) is 5.56 Å². The molecule has 0 saturated carbocycles. The second kappa shape index (κ2) is 9.37. The van der Waals surface area contributed by atoms with Crippen molar-refractivity contribution in [2.24, 2.45) is 0 Å². The maximum atomic E-state index is 10.2. The molecule has 0 radical (unpaired) electrons. The molecule has 0 aromatic heterocycles. The third-order valence-electron chi connectivity index (χ3n) is 3.60. The van der Waals surface area contributed by atoms with Crippen LogP contribution in [0.5, 0.6) is 0 Å². The Kier molecular flexibility index (Phi) is 6.89. The van der Waals surface area contributed by atoms with Crippen LogP contribution in [-0.2, 0) is 0 Å². The van der Waals surface area contributed by atoms with E-state index in [1.807, 2.05) is 36.4 Å². The summed E-state index contributed by atoms with van der Waals surface area (Å²) in [6.45, 7) is 0. The van der Waals surface area contributed by atoms with Crippen LogP contribution in [-0.4, -0.2) is 21.3 Å². The molecule has 0 aliphatic carbocycles. The van der Waals surface area contributed by atoms with Gasteiger partial charge in [0.1, 0.15) is 12.2 Å². The Labute approximate surface area is 146 Å². The molecule has 25 heavy (non-hydrogen) atoms. The lowest BCUT2D eigenvalue weighted by Gasteiger charge is -2.18. The summed E-state index contributed by atoms with van der Waals surface area (Å²) in [5.74, 6) is -0.879. The second-order valence-electron chi connectivity index (χ2n) is 5.38. The average Bonchev–Trinajstić information content (AvgIpc) is 2.69. The Morgan fingerprint density at radius 1 is 0.600 bits per heavy atom. The molecule has 0 spiro atoms. The maximum absolute atomic E-state index is 10.2. The standard InChI is InChI=1S/C14H14O2.C7H6O2/c15-13(11-7-3-1-4-8-11)14(16)12-9-5-2-6-10-12;8-7(9)6-4-2-1-3-5-6/h1-10,13-16H;1-5H,(H,8,9)/t13-,14+;. The predicted octanol–water partition coefficient (Wildman–Crippen LogP) is 3.84. The topological polar surface area (TPSA) is 77.8 Å². The Morgan fingerprint density at radius 2 is 0.920 bits per heavy atom. The van der Waals surface area contributed by atoms with Gasteiger partial charge in [-0.25, -0.2) is 4.79 Å². The zero-order valence-corrected chi connectivity index (χ0v) is 13.6. The fraction of sp³-hybridized carbons (Fsp3) is 0.0952. The van der Waals surface area contributed by atoms with Crippen LogP contribution in [0.4, 0.5) is 0 Å². The summed E-state index contributed by atoms with van der Waals surface area (Å²) < 4.78 is 0. The number of benzene rings is 3. The molecule has 0 heterocycles. The van der Waals surface area contributed by atoms with Gasteiger partial charge < -0.3 is 15.3 Å². The first kappa shape index (κ1) is 18.4. The summed E-state index contributed by atoms with van der Waals surface area (Å²) in [6.07, 6.45) is -1.77. The highest BCUT2D eigenvalue weighted by Gasteiger charge is 2.19. The van der Waals surface area contributed by atoms with Crippen molar-refractivity contribution in [3.63, 3.8) is 0 Å². The molecule has 0 unspecified atom stereocenters. The van der Waals surface area contributed by atoms with E-state index in [9.17, 15) is 15.0 Å². The molecule has 0 aliphatic heterocycles. The normalized spacial score (nSPS) is 12.4. The Balaban J connectivity index is 0.000000212. The van der Waals surface area contributed by atoms with Gasteiger partial charge in [0, 0.05) is 0 Å². The van der Waals surface area contributed by atoms with Crippen molar-refractivity contribution < 1.29 is 20.1 Å². The molecule has 2 atom stereocenters. The number of aliphatic hydroxyl groups excluding tert-OH is 2. The van der Waals surface area contributed by atoms with E-state index in [2.05, 4.69) is 0 Å². The van der Waals surface area contributed by atoms with Crippen LogP contribution >= 0.6 is 0 Å². The Morgan fingerprint density at radius 3 is 1.20 bits per heavy atom. The van der Waals surface area contributed by atoms with Crippen molar-refractivity contribution in [2.45, 2.75) is 12.2 Å². The van der Waals surface area contributed by atoms with Crippen LogP contribution in [0.2, 0.25) is 0 Å². The average molecular weight is 336 g/mol. The van der Waals surface area contributed by atoms with Crippen LogP contribution in [0.25, 0.3) is 0 Å². The van der Waals surface area contributed by atoms with E-state index in [0.717, 1.165) is 11.1 Å². The lowest BCUT2D eigenvalue weighted by molar-refractivity contribution is 0.0172. The van der Waals surface area contributed by atoms with Gasteiger partial charge in [-0.15, -0.1) is 0 Å². The number of rotatable bonds is 4. The van der Waals surface area contributed by atoms with Crippen molar-refractivity contribution in [1.82, 2.24) is 0 Å². The third kappa shape index (κ3) is 5.57. The number of hydrogen-bond donors (Lipinski definition) is 3. The van der Waals surface area contributed by atoms with E-state index >= 15 is 0 Å². The first-order valence-corrected chi connectivity index (χ1v) is 7.84. The predicted molar refractivity (Wildman–Crippen MR) is 96.2 cm³/mol. The minimum atomic E-state index is -0.886. The summed E-state index contributed by atoms with van der Waals surface area (Å²) in [5.41, 5.74) is 1.77. The summed E-state index contributed by atoms with van der Waals surface area (Å²) in [5, 5.41) is 28.4. The van der Waals surface area contributed by atoms with E-state index in [-0.39, 0.29) is 0 Å². The lowest BCUT2D eigenvalue weighted by Crippen LogP contribution is -2.09. The van der Waals surface area contributed by atoms with E-state index < -0.39 is 18.2 Å². The monoisotopic (exact) mass is 336 g/mol. The zero-order valence-electron chi connectivity index (χ0n) is 13.6. The highest BCUT2D eigenvalue weighted by Crippen LogP contribution is 2.27. The second-order valence-corrected chi connectivity index (χ2v) is 5.38. The smallest absolute Gasteiger partial charge is 0.335 e. The minimum Gasteiger partial charge on any atom is -0.478 e. The van der Waals surface area contributed by atoms with E-state index in [1.54, 1.807) is 54.6 Å². The van der Waals surface area contributed by atoms with Crippen LogP contribution in [0.1, 0.15) is 33.7 Å². The van der Waals surface area contributed by atoms with Gasteiger partial charge in [-0.3, -0.25) is 0 Å². The van der Waals surface area contributed by atoms with E-state index in [0.29, 0.717) is 5.56 Å². The number of hydrogen-bond acceptors (Lipinski definition) is 3. The molecule has 3 N–H and O–H groups in total. The minimum absolute atomic E-state index is 0.331. The molecule has 0 fully saturated rings.